The predicted molar refractivity (Wildman–Crippen MR) is 117 cm³/mol. The van der Waals surface area contributed by atoms with Crippen LogP contribution in [0.3, 0.4) is 0 Å². The number of ether oxygens (including phenoxy) is 1. The minimum Gasteiger partial charge on any atom is -0.488 e. The van der Waals surface area contributed by atoms with E-state index in [0.717, 1.165) is 4.88 Å². The van der Waals surface area contributed by atoms with Gasteiger partial charge in [0.05, 0.1) is 0 Å². The summed E-state index contributed by atoms with van der Waals surface area (Å²) in [6.07, 6.45) is 2.92. The fourth-order valence-electron chi connectivity index (χ4n) is 3.46. The fourth-order valence-corrected chi connectivity index (χ4v) is 4.08. The highest BCUT2D eigenvalue weighted by Gasteiger charge is 2.28. The molecule has 0 spiro atoms. The van der Waals surface area contributed by atoms with Crippen LogP contribution in [0.25, 0.3) is 0 Å². The van der Waals surface area contributed by atoms with Gasteiger partial charge in [-0.3, -0.25) is 9.59 Å². The minimum absolute atomic E-state index is 0.0276. The van der Waals surface area contributed by atoms with E-state index >= 15 is 0 Å². The quantitative estimate of drug-likeness (QED) is 0.647. The van der Waals surface area contributed by atoms with Gasteiger partial charge in [-0.05, 0) is 54.6 Å². The number of thiophene rings is 1. The zero-order valence-corrected chi connectivity index (χ0v) is 17.3. The molecule has 1 aliphatic heterocycles. The Morgan fingerprint density at radius 1 is 1.10 bits per heavy atom. The summed E-state index contributed by atoms with van der Waals surface area (Å²) in [5, 5.41) is 4.86. The van der Waals surface area contributed by atoms with E-state index in [0.29, 0.717) is 49.7 Å². The highest BCUT2D eigenvalue weighted by molar-refractivity contribution is 7.09. The van der Waals surface area contributed by atoms with Crippen LogP contribution in [0.15, 0.2) is 66.2 Å². The van der Waals surface area contributed by atoms with Crippen LogP contribution < -0.4 is 10.1 Å². The molecule has 6 nitrogen and oxygen atoms in total. The standard InChI is InChI=1S/C23H23N3O3S/c27-22(25-21-8-1-2-11-24-21)17-9-12-26(13-10-17)23(28)18-5-3-6-19(15-18)29-16-20-7-4-14-30-20/h1-8,11,14-15,17H,9-10,12-13,16H2,(H,24,25,27). The zero-order valence-electron chi connectivity index (χ0n) is 16.5. The van der Waals surface area contributed by atoms with Crippen molar-refractivity contribution in [3.8, 4) is 5.75 Å². The van der Waals surface area contributed by atoms with Crippen molar-refractivity contribution in [1.29, 1.82) is 0 Å². The number of carbonyl (C=O) groups is 2. The smallest absolute Gasteiger partial charge is 0.253 e. The van der Waals surface area contributed by atoms with Gasteiger partial charge in [-0.15, -0.1) is 11.3 Å². The molecular weight excluding hydrogens is 398 g/mol. The first-order valence-corrected chi connectivity index (χ1v) is 10.8. The molecule has 154 valence electrons. The van der Waals surface area contributed by atoms with Crippen LogP contribution >= 0.6 is 11.3 Å². The number of likely N-dealkylation sites (tertiary alicyclic amines) is 1. The van der Waals surface area contributed by atoms with Crippen molar-refractivity contribution in [1.82, 2.24) is 9.88 Å². The third kappa shape index (κ3) is 5.04. The normalized spacial score (nSPS) is 14.3. The van der Waals surface area contributed by atoms with Gasteiger partial charge < -0.3 is 15.0 Å². The molecule has 3 aromatic rings. The molecule has 7 heteroatoms. The highest BCUT2D eigenvalue weighted by atomic mass is 32.1. The lowest BCUT2D eigenvalue weighted by molar-refractivity contribution is -0.121. The number of pyridine rings is 1. The van der Waals surface area contributed by atoms with Crippen molar-refractivity contribution in [2.75, 3.05) is 18.4 Å². The molecule has 0 saturated carbocycles. The molecule has 1 aromatic carbocycles. The van der Waals surface area contributed by atoms with Gasteiger partial charge in [0, 0.05) is 35.6 Å². The summed E-state index contributed by atoms with van der Waals surface area (Å²) in [6, 6.07) is 16.7. The van der Waals surface area contributed by atoms with Crippen molar-refractivity contribution in [2.24, 2.45) is 5.92 Å². The number of nitrogens with one attached hydrogen (secondary N) is 1. The molecule has 0 atom stereocenters. The predicted octanol–water partition coefficient (Wildman–Crippen LogP) is 4.21. The van der Waals surface area contributed by atoms with Crippen LogP contribution in [-0.2, 0) is 11.4 Å². The van der Waals surface area contributed by atoms with Gasteiger partial charge in [0.2, 0.25) is 5.91 Å². The minimum atomic E-state index is -0.114. The van der Waals surface area contributed by atoms with Crippen LogP contribution in [0.1, 0.15) is 28.1 Å². The third-order valence-corrected chi connectivity index (χ3v) is 5.96. The molecule has 0 radical (unpaired) electrons. The summed E-state index contributed by atoms with van der Waals surface area (Å²) >= 11 is 1.64. The lowest BCUT2D eigenvalue weighted by atomic mass is 9.95. The summed E-state index contributed by atoms with van der Waals surface area (Å²) in [5.41, 5.74) is 0.607. The Balaban J connectivity index is 1.30. The first kappa shape index (κ1) is 20.1. The van der Waals surface area contributed by atoms with Gasteiger partial charge >= 0.3 is 0 Å². The average molecular weight is 422 g/mol. The number of amides is 2. The largest absolute Gasteiger partial charge is 0.488 e. The summed E-state index contributed by atoms with van der Waals surface area (Å²) < 4.78 is 5.81. The monoisotopic (exact) mass is 421 g/mol. The molecule has 0 unspecified atom stereocenters. The molecule has 3 heterocycles. The Morgan fingerprint density at radius 2 is 1.97 bits per heavy atom. The number of aromatic nitrogens is 1. The van der Waals surface area contributed by atoms with Crippen molar-refractivity contribution in [2.45, 2.75) is 19.4 Å². The van der Waals surface area contributed by atoms with E-state index in [1.54, 1.807) is 35.7 Å². The SMILES string of the molecule is O=C(Nc1ccccn1)C1CCN(C(=O)c2cccc(OCc3cccs3)c2)CC1. The van der Waals surface area contributed by atoms with E-state index < -0.39 is 0 Å². The average Bonchev–Trinajstić information content (AvgIpc) is 3.32. The molecule has 2 aromatic heterocycles. The van der Waals surface area contributed by atoms with Crippen LogP contribution in [-0.4, -0.2) is 34.8 Å². The number of nitrogens with zero attached hydrogens (tertiary/aromatic N) is 2. The molecule has 2 amide bonds. The molecule has 1 aliphatic rings. The van der Waals surface area contributed by atoms with Crippen molar-refractivity contribution in [3.05, 3.63) is 76.6 Å². The molecule has 1 saturated heterocycles. The van der Waals surface area contributed by atoms with E-state index in [9.17, 15) is 9.59 Å². The topological polar surface area (TPSA) is 71.5 Å². The summed E-state index contributed by atoms with van der Waals surface area (Å²) in [6.45, 7) is 1.60. The van der Waals surface area contributed by atoms with Gasteiger partial charge in [-0.25, -0.2) is 4.98 Å². The molecule has 0 bridgehead atoms. The second kappa shape index (κ2) is 9.54. The molecule has 30 heavy (non-hydrogen) atoms. The Hall–Kier alpha value is -3.19. The van der Waals surface area contributed by atoms with Crippen LogP contribution in [0.2, 0.25) is 0 Å². The molecule has 0 aliphatic carbocycles. The fraction of sp³-hybridized carbons (Fsp3) is 0.261. The Kier molecular flexibility index (Phi) is 6.39. The summed E-state index contributed by atoms with van der Waals surface area (Å²) in [4.78, 5) is 32.4. The van der Waals surface area contributed by atoms with Gasteiger partial charge in [0.15, 0.2) is 0 Å². The number of hydrogen-bond donors (Lipinski definition) is 1. The number of benzene rings is 1. The molecule has 4 rings (SSSR count). The maximum absolute atomic E-state index is 12.9. The molecule has 1 fully saturated rings. The number of rotatable bonds is 6. The first-order chi connectivity index (χ1) is 14.7. The van der Waals surface area contributed by atoms with E-state index in [2.05, 4.69) is 10.3 Å². The lowest BCUT2D eigenvalue weighted by Crippen LogP contribution is -2.41. The lowest BCUT2D eigenvalue weighted by Gasteiger charge is -2.31. The molecular formula is C23H23N3O3S. The van der Waals surface area contributed by atoms with Gasteiger partial charge in [-0.2, -0.15) is 0 Å². The second-order valence-corrected chi connectivity index (χ2v) is 8.20. The van der Waals surface area contributed by atoms with Crippen molar-refractivity contribution >= 4 is 29.0 Å². The first-order valence-electron chi connectivity index (χ1n) is 9.95. The third-order valence-electron chi connectivity index (χ3n) is 5.11. The molecule has 1 N–H and O–H groups in total. The van der Waals surface area contributed by atoms with Crippen LogP contribution in [0.5, 0.6) is 5.75 Å². The zero-order chi connectivity index (χ0) is 20.8. The van der Waals surface area contributed by atoms with E-state index in [-0.39, 0.29) is 17.7 Å². The number of anilines is 1. The van der Waals surface area contributed by atoms with Gasteiger partial charge in [0.25, 0.3) is 5.91 Å². The Morgan fingerprint density at radius 3 is 2.70 bits per heavy atom. The van der Waals surface area contributed by atoms with E-state index in [4.69, 9.17) is 4.74 Å². The highest BCUT2D eigenvalue weighted by Crippen LogP contribution is 2.23. The van der Waals surface area contributed by atoms with E-state index in [1.165, 1.54) is 0 Å². The van der Waals surface area contributed by atoms with Crippen molar-refractivity contribution in [3.63, 3.8) is 0 Å². The summed E-state index contributed by atoms with van der Waals surface area (Å²) in [5.74, 6) is 1.06. The van der Waals surface area contributed by atoms with Crippen LogP contribution in [0.4, 0.5) is 5.82 Å². The number of hydrogen-bond acceptors (Lipinski definition) is 5. The van der Waals surface area contributed by atoms with Crippen molar-refractivity contribution < 1.29 is 14.3 Å². The Bertz CT molecular complexity index is 984. The van der Waals surface area contributed by atoms with Gasteiger partial charge in [-0.1, -0.05) is 18.2 Å². The maximum atomic E-state index is 12.9. The number of carbonyl (C=O) groups excluding carboxylic acids is 2. The Labute approximate surface area is 179 Å². The number of piperidine rings is 1. The van der Waals surface area contributed by atoms with Crippen LogP contribution in [0, 0.1) is 5.92 Å². The maximum Gasteiger partial charge on any atom is 0.253 e. The van der Waals surface area contributed by atoms with E-state index in [1.807, 2.05) is 46.7 Å². The summed E-state index contributed by atoms with van der Waals surface area (Å²) in [7, 11) is 0. The van der Waals surface area contributed by atoms with Gasteiger partial charge in [0.1, 0.15) is 18.2 Å². The second-order valence-electron chi connectivity index (χ2n) is 7.17.